The van der Waals surface area contributed by atoms with E-state index >= 15 is 0 Å². The Morgan fingerprint density at radius 1 is 1.42 bits per heavy atom. The molecule has 1 atom stereocenters. The number of thioether (sulfide) groups is 1. The Hall–Kier alpha value is -2.20. The van der Waals surface area contributed by atoms with E-state index in [0.717, 1.165) is 0 Å². The molecule has 138 valence electrons. The van der Waals surface area contributed by atoms with Crippen LogP contribution in [-0.2, 0) is 20.7 Å². The van der Waals surface area contributed by atoms with Gasteiger partial charge < -0.3 is 10.1 Å². The molecule has 0 aromatic carbocycles. The summed E-state index contributed by atoms with van der Waals surface area (Å²) in [6.07, 6.45) is 0.241. The highest BCUT2D eigenvalue weighted by molar-refractivity contribution is 7.99. The van der Waals surface area contributed by atoms with Gasteiger partial charge in [0.15, 0.2) is 10.3 Å². The van der Waals surface area contributed by atoms with E-state index in [1.807, 2.05) is 0 Å². The standard InChI is InChI=1S/C16H18N4O4S2/c1-3-24-14(23)5-10-7-25-15(18-10)19-12(21)6-11-8-26-16-17-9(2)4-13(22)20(11)16/h4,7,11H,3,5-6,8H2,1-2H3,(H,18,19,21)/t11-/m1/s1. The lowest BCUT2D eigenvalue weighted by molar-refractivity contribution is -0.142. The fourth-order valence-electron chi connectivity index (χ4n) is 2.60. The summed E-state index contributed by atoms with van der Waals surface area (Å²) in [5.74, 6) is 0.0517. The number of thiazole rings is 1. The zero-order valence-electron chi connectivity index (χ0n) is 14.4. The maximum atomic E-state index is 12.3. The monoisotopic (exact) mass is 394 g/mol. The molecule has 2 aromatic heterocycles. The summed E-state index contributed by atoms with van der Waals surface area (Å²) in [6.45, 7) is 3.84. The Bertz CT molecular complexity index is 893. The van der Waals surface area contributed by atoms with Crippen LogP contribution in [0.4, 0.5) is 5.13 Å². The maximum absolute atomic E-state index is 12.3. The SMILES string of the molecule is CCOC(=O)Cc1csc(NC(=O)C[C@@H]2CSc3nc(C)cc(=O)n32)n1. The van der Waals surface area contributed by atoms with E-state index in [4.69, 9.17) is 4.74 Å². The van der Waals surface area contributed by atoms with Crippen LogP contribution in [0.3, 0.4) is 0 Å². The molecule has 0 aliphatic carbocycles. The van der Waals surface area contributed by atoms with Gasteiger partial charge in [-0.15, -0.1) is 11.3 Å². The molecule has 0 spiro atoms. The van der Waals surface area contributed by atoms with Gasteiger partial charge in [0.1, 0.15) is 0 Å². The zero-order valence-corrected chi connectivity index (χ0v) is 16.0. The lowest BCUT2D eigenvalue weighted by Crippen LogP contribution is -2.27. The fourth-order valence-corrected chi connectivity index (χ4v) is 4.52. The molecule has 0 saturated heterocycles. The van der Waals surface area contributed by atoms with Gasteiger partial charge in [0.05, 0.1) is 24.8 Å². The highest BCUT2D eigenvalue weighted by atomic mass is 32.2. The summed E-state index contributed by atoms with van der Waals surface area (Å²) >= 11 is 2.73. The molecule has 1 N–H and O–H groups in total. The van der Waals surface area contributed by atoms with Crippen molar-refractivity contribution >= 4 is 40.1 Å². The number of ether oxygens (including phenoxy) is 1. The first-order valence-electron chi connectivity index (χ1n) is 8.09. The average Bonchev–Trinajstić information content (AvgIpc) is 3.14. The van der Waals surface area contributed by atoms with E-state index in [9.17, 15) is 14.4 Å². The van der Waals surface area contributed by atoms with Gasteiger partial charge in [-0.05, 0) is 13.8 Å². The Morgan fingerprint density at radius 2 is 2.23 bits per heavy atom. The van der Waals surface area contributed by atoms with Crippen molar-refractivity contribution in [2.75, 3.05) is 17.7 Å². The van der Waals surface area contributed by atoms with Crippen LogP contribution >= 0.6 is 23.1 Å². The van der Waals surface area contributed by atoms with Crippen LogP contribution in [0.15, 0.2) is 21.4 Å². The van der Waals surface area contributed by atoms with Crippen LogP contribution in [0.1, 0.15) is 30.8 Å². The van der Waals surface area contributed by atoms with E-state index in [0.29, 0.717) is 34.0 Å². The van der Waals surface area contributed by atoms with Crippen molar-refractivity contribution in [1.82, 2.24) is 14.5 Å². The lowest BCUT2D eigenvalue weighted by atomic mass is 10.2. The highest BCUT2D eigenvalue weighted by Crippen LogP contribution is 2.32. The van der Waals surface area contributed by atoms with Gasteiger partial charge in [-0.2, -0.15) is 0 Å². The molecule has 8 nitrogen and oxygen atoms in total. The van der Waals surface area contributed by atoms with Crippen LogP contribution in [0.25, 0.3) is 0 Å². The third-order valence-electron chi connectivity index (χ3n) is 3.67. The number of aromatic nitrogens is 3. The van der Waals surface area contributed by atoms with Crippen molar-refractivity contribution in [2.24, 2.45) is 0 Å². The predicted octanol–water partition coefficient (Wildman–Crippen LogP) is 1.79. The second-order valence-corrected chi connectivity index (χ2v) is 7.58. The number of rotatable bonds is 6. The number of aryl methyl sites for hydroxylation is 1. The number of amides is 1. The van der Waals surface area contributed by atoms with Crippen LogP contribution in [0.5, 0.6) is 0 Å². The maximum Gasteiger partial charge on any atom is 0.311 e. The van der Waals surface area contributed by atoms with Crippen molar-refractivity contribution < 1.29 is 14.3 Å². The Labute approximate surface area is 158 Å². The molecule has 26 heavy (non-hydrogen) atoms. The van der Waals surface area contributed by atoms with E-state index in [2.05, 4.69) is 15.3 Å². The highest BCUT2D eigenvalue weighted by Gasteiger charge is 2.27. The van der Waals surface area contributed by atoms with E-state index in [1.54, 1.807) is 23.8 Å². The van der Waals surface area contributed by atoms with Crippen molar-refractivity contribution in [2.45, 2.75) is 37.9 Å². The van der Waals surface area contributed by atoms with E-state index in [1.165, 1.54) is 29.2 Å². The number of hydrogen-bond acceptors (Lipinski definition) is 8. The Balaban J connectivity index is 1.60. The predicted molar refractivity (Wildman–Crippen MR) is 98.7 cm³/mol. The molecule has 1 aliphatic rings. The number of nitrogens with one attached hydrogen (secondary N) is 1. The number of esters is 1. The molecule has 10 heteroatoms. The van der Waals surface area contributed by atoms with Gasteiger partial charge in [0, 0.05) is 29.3 Å². The van der Waals surface area contributed by atoms with Crippen molar-refractivity contribution in [3.05, 3.63) is 33.2 Å². The first-order chi connectivity index (χ1) is 12.5. The first-order valence-corrected chi connectivity index (χ1v) is 9.95. The molecule has 0 unspecified atom stereocenters. The zero-order chi connectivity index (χ0) is 18.7. The third kappa shape index (κ3) is 4.31. The van der Waals surface area contributed by atoms with E-state index in [-0.39, 0.29) is 36.3 Å². The van der Waals surface area contributed by atoms with Crippen LogP contribution in [-0.4, -0.2) is 38.8 Å². The summed E-state index contributed by atoms with van der Waals surface area (Å²) in [7, 11) is 0. The van der Waals surface area contributed by atoms with Crippen molar-refractivity contribution in [3.8, 4) is 0 Å². The summed E-state index contributed by atoms with van der Waals surface area (Å²) in [5, 5.41) is 5.52. The van der Waals surface area contributed by atoms with Crippen LogP contribution < -0.4 is 10.9 Å². The molecule has 3 rings (SSSR count). The molecule has 1 amide bonds. The van der Waals surface area contributed by atoms with E-state index < -0.39 is 0 Å². The van der Waals surface area contributed by atoms with Crippen molar-refractivity contribution in [1.29, 1.82) is 0 Å². The normalized spacial score (nSPS) is 15.5. The van der Waals surface area contributed by atoms with Gasteiger partial charge >= 0.3 is 5.97 Å². The molecule has 0 radical (unpaired) electrons. The van der Waals surface area contributed by atoms with Gasteiger partial charge in [-0.25, -0.2) is 9.97 Å². The number of fused-ring (bicyclic) bond motifs is 1. The molecule has 3 heterocycles. The number of carbonyl (C=O) groups is 2. The van der Waals surface area contributed by atoms with Crippen LogP contribution in [0.2, 0.25) is 0 Å². The summed E-state index contributed by atoms with van der Waals surface area (Å²) in [6, 6.07) is 1.25. The summed E-state index contributed by atoms with van der Waals surface area (Å²) < 4.78 is 6.45. The third-order valence-corrected chi connectivity index (χ3v) is 5.57. The molecule has 1 aliphatic heterocycles. The molecule has 0 fully saturated rings. The molecule has 2 aromatic rings. The quantitative estimate of drug-likeness (QED) is 0.588. The van der Waals surface area contributed by atoms with Gasteiger partial charge in [-0.3, -0.25) is 19.0 Å². The largest absolute Gasteiger partial charge is 0.466 e. The van der Waals surface area contributed by atoms with Crippen LogP contribution in [0, 0.1) is 6.92 Å². The minimum Gasteiger partial charge on any atom is -0.466 e. The summed E-state index contributed by atoms with van der Waals surface area (Å²) in [4.78, 5) is 44.5. The summed E-state index contributed by atoms with van der Waals surface area (Å²) in [5.41, 5.74) is 1.10. The number of hydrogen-bond donors (Lipinski definition) is 1. The Morgan fingerprint density at radius 3 is 3.00 bits per heavy atom. The van der Waals surface area contributed by atoms with Gasteiger partial charge in [0.25, 0.3) is 5.56 Å². The molecule has 0 saturated carbocycles. The average molecular weight is 394 g/mol. The van der Waals surface area contributed by atoms with Gasteiger partial charge in [-0.1, -0.05) is 11.8 Å². The topological polar surface area (TPSA) is 103 Å². The fraction of sp³-hybridized carbons (Fsp3) is 0.438. The van der Waals surface area contributed by atoms with Crippen molar-refractivity contribution in [3.63, 3.8) is 0 Å². The molecular formula is C16H18N4O4S2. The number of nitrogens with zero attached hydrogens (tertiary/aromatic N) is 3. The van der Waals surface area contributed by atoms with Gasteiger partial charge in [0.2, 0.25) is 5.91 Å². The Kier molecular flexibility index (Phi) is 5.72. The first kappa shape index (κ1) is 18.6. The smallest absolute Gasteiger partial charge is 0.311 e. The molecule has 0 bridgehead atoms. The minimum atomic E-state index is -0.350. The number of anilines is 1. The second kappa shape index (κ2) is 8.00. The minimum absolute atomic E-state index is 0.0767. The molecular weight excluding hydrogens is 376 g/mol. The lowest BCUT2D eigenvalue weighted by Gasteiger charge is -2.12. The second-order valence-electron chi connectivity index (χ2n) is 5.73. The number of carbonyl (C=O) groups excluding carboxylic acids is 2.